The lowest BCUT2D eigenvalue weighted by Crippen LogP contribution is -2.38. The van der Waals surface area contributed by atoms with Crippen molar-refractivity contribution < 1.29 is 14.7 Å². The average molecular weight is 403 g/mol. The van der Waals surface area contributed by atoms with E-state index in [4.69, 9.17) is 22.4 Å². The number of rotatable bonds is 10. The number of aliphatic carboxylic acids is 1. The van der Waals surface area contributed by atoms with Crippen molar-refractivity contribution in [1.82, 2.24) is 4.90 Å². The van der Waals surface area contributed by atoms with Gasteiger partial charge in [0.2, 0.25) is 0 Å². The fourth-order valence-corrected chi connectivity index (χ4v) is 5.27. The Morgan fingerprint density at radius 2 is 2.20 bits per heavy atom. The van der Waals surface area contributed by atoms with E-state index in [0.717, 1.165) is 30.4 Å². The van der Waals surface area contributed by atoms with Crippen molar-refractivity contribution in [3.8, 4) is 0 Å². The van der Waals surface area contributed by atoms with E-state index in [9.17, 15) is 9.59 Å². The van der Waals surface area contributed by atoms with Crippen molar-refractivity contribution in [1.29, 1.82) is 0 Å². The van der Waals surface area contributed by atoms with Gasteiger partial charge >= 0.3 is 5.97 Å². The maximum Gasteiger partial charge on any atom is 0.321 e. The van der Waals surface area contributed by atoms with Crippen LogP contribution in [0.2, 0.25) is 0 Å². The van der Waals surface area contributed by atoms with Gasteiger partial charge in [-0.3, -0.25) is 14.5 Å². The first-order valence-electron chi connectivity index (χ1n) is 7.69. The number of piperidine rings is 1. The van der Waals surface area contributed by atoms with Crippen LogP contribution >= 0.6 is 33.2 Å². The minimum Gasteiger partial charge on any atom is -0.480 e. The second kappa shape index (κ2) is 11.6. The van der Waals surface area contributed by atoms with Crippen molar-refractivity contribution in [3.05, 3.63) is 47.6 Å². The molecule has 1 saturated heterocycles. The third-order valence-corrected chi connectivity index (χ3v) is 7.00. The van der Waals surface area contributed by atoms with Crippen molar-refractivity contribution in [2.45, 2.75) is 17.7 Å². The minimum absolute atomic E-state index is 0.165. The van der Waals surface area contributed by atoms with Crippen LogP contribution < -0.4 is 5.73 Å². The quantitative estimate of drug-likeness (QED) is 0.251. The SMILES string of the molecule is C=C/C(Cl)=C(\C=C)CN1CCC(SSC[C@H](N)C(=O)O)/C(=C\C=O)C1. The summed E-state index contributed by atoms with van der Waals surface area (Å²) in [7, 11) is 3.00. The third-order valence-electron chi connectivity index (χ3n) is 3.68. The first-order chi connectivity index (χ1) is 11.9. The van der Waals surface area contributed by atoms with Gasteiger partial charge in [-0.1, -0.05) is 58.5 Å². The summed E-state index contributed by atoms with van der Waals surface area (Å²) in [5, 5.41) is 9.56. The fraction of sp³-hybridized carbons (Fsp3) is 0.412. The molecule has 0 saturated carbocycles. The van der Waals surface area contributed by atoms with Gasteiger partial charge in [0.25, 0.3) is 0 Å². The molecule has 0 aromatic rings. The number of nitrogens with two attached hydrogens (primary N) is 1. The van der Waals surface area contributed by atoms with E-state index in [1.165, 1.54) is 10.8 Å². The molecule has 8 heteroatoms. The van der Waals surface area contributed by atoms with Crippen LogP contribution in [0.5, 0.6) is 0 Å². The first-order valence-corrected chi connectivity index (χ1v) is 10.5. The second-order valence-electron chi connectivity index (χ2n) is 5.47. The second-order valence-corrected chi connectivity index (χ2v) is 8.49. The van der Waals surface area contributed by atoms with E-state index in [2.05, 4.69) is 18.1 Å². The van der Waals surface area contributed by atoms with Crippen molar-refractivity contribution >= 4 is 45.4 Å². The zero-order chi connectivity index (χ0) is 18.8. The number of carbonyl (C=O) groups excluding carboxylic acids is 1. The van der Waals surface area contributed by atoms with Crippen molar-refractivity contribution in [2.75, 3.05) is 25.4 Å². The number of aldehydes is 1. The standard InChI is InChI=1S/C17H23ClN2O3S2/c1-3-12(14(18)4-2)9-20-7-5-16(13(10-20)6-8-21)25-24-11-15(19)17(22)23/h3-4,6,8,15-16H,1-2,5,7,9-11,19H2,(H,22,23)/b13-6-,14-12-/t15-,16?/m0/s1. The summed E-state index contributed by atoms with van der Waals surface area (Å²) in [5.41, 5.74) is 7.42. The molecule has 1 aliphatic heterocycles. The summed E-state index contributed by atoms with van der Waals surface area (Å²) in [5.74, 6) is -0.679. The van der Waals surface area contributed by atoms with Crippen LogP contribution in [0.15, 0.2) is 47.6 Å². The highest BCUT2D eigenvalue weighted by Crippen LogP contribution is 2.36. The zero-order valence-corrected chi connectivity index (χ0v) is 16.3. The number of allylic oxidation sites excluding steroid dienone is 3. The molecule has 138 valence electrons. The smallest absolute Gasteiger partial charge is 0.321 e. The van der Waals surface area contributed by atoms with Gasteiger partial charge in [-0.15, -0.1) is 0 Å². The highest BCUT2D eigenvalue weighted by Gasteiger charge is 2.25. The number of likely N-dealkylation sites (tertiary alicyclic amines) is 1. The molecule has 1 rings (SSSR count). The first kappa shape index (κ1) is 22.1. The molecule has 0 spiro atoms. The molecule has 0 bridgehead atoms. The van der Waals surface area contributed by atoms with E-state index >= 15 is 0 Å². The molecule has 0 aliphatic carbocycles. The number of hydrogen-bond donors (Lipinski definition) is 2. The Labute approximate surface area is 161 Å². The lowest BCUT2D eigenvalue weighted by molar-refractivity contribution is -0.137. The predicted molar refractivity (Wildman–Crippen MR) is 108 cm³/mol. The van der Waals surface area contributed by atoms with Gasteiger partial charge < -0.3 is 10.8 Å². The maximum absolute atomic E-state index is 11.0. The summed E-state index contributed by atoms with van der Waals surface area (Å²) in [6.45, 7) is 9.59. The van der Waals surface area contributed by atoms with Crippen LogP contribution in [-0.4, -0.2) is 58.9 Å². The van der Waals surface area contributed by atoms with Crippen LogP contribution in [0.3, 0.4) is 0 Å². The Kier molecular flexibility index (Phi) is 10.2. The fourth-order valence-electron chi connectivity index (χ4n) is 2.29. The van der Waals surface area contributed by atoms with Gasteiger partial charge in [-0.05, 0) is 23.6 Å². The van der Waals surface area contributed by atoms with Gasteiger partial charge in [0.05, 0.1) is 0 Å². The summed E-state index contributed by atoms with van der Waals surface area (Å²) in [6, 6.07) is -0.877. The summed E-state index contributed by atoms with van der Waals surface area (Å²) in [6.07, 6.45) is 6.55. The topological polar surface area (TPSA) is 83.6 Å². The molecule has 1 unspecified atom stereocenters. The molecular formula is C17H23ClN2O3S2. The average Bonchev–Trinajstić information content (AvgIpc) is 2.60. The number of halogens is 1. The number of nitrogens with zero attached hydrogens (tertiary/aromatic N) is 1. The number of hydrogen-bond acceptors (Lipinski definition) is 6. The molecule has 5 nitrogen and oxygen atoms in total. The molecule has 1 heterocycles. The van der Waals surface area contributed by atoms with Gasteiger partial charge in [0, 0.05) is 35.7 Å². The normalized spacial score (nSPS) is 22.2. The molecule has 2 atom stereocenters. The number of carboxylic acids is 1. The molecule has 1 fully saturated rings. The Bertz CT molecular complexity index is 578. The van der Waals surface area contributed by atoms with Gasteiger partial charge in [-0.2, -0.15) is 0 Å². The van der Waals surface area contributed by atoms with E-state index in [-0.39, 0.29) is 5.25 Å². The van der Waals surface area contributed by atoms with E-state index in [0.29, 0.717) is 23.9 Å². The van der Waals surface area contributed by atoms with Gasteiger partial charge in [-0.25, -0.2) is 0 Å². The molecule has 0 amide bonds. The summed E-state index contributed by atoms with van der Waals surface area (Å²) >= 11 is 6.13. The van der Waals surface area contributed by atoms with E-state index in [1.807, 2.05) is 0 Å². The maximum atomic E-state index is 11.0. The molecule has 25 heavy (non-hydrogen) atoms. The van der Waals surface area contributed by atoms with E-state index in [1.54, 1.807) is 29.0 Å². The predicted octanol–water partition coefficient (Wildman–Crippen LogP) is 2.84. The molecule has 0 aromatic carbocycles. The Hall–Kier alpha value is -0.990. The molecule has 3 N–H and O–H groups in total. The Balaban J connectivity index is 2.66. The van der Waals surface area contributed by atoms with Crippen LogP contribution in [0, 0.1) is 0 Å². The van der Waals surface area contributed by atoms with Crippen LogP contribution in [0.1, 0.15) is 6.42 Å². The van der Waals surface area contributed by atoms with Gasteiger partial charge in [0.1, 0.15) is 12.3 Å². The molecule has 0 aromatic heterocycles. The molecular weight excluding hydrogens is 380 g/mol. The molecule has 0 radical (unpaired) electrons. The minimum atomic E-state index is -1.01. The Morgan fingerprint density at radius 1 is 1.48 bits per heavy atom. The lowest BCUT2D eigenvalue weighted by Gasteiger charge is -2.34. The van der Waals surface area contributed by atoms with Gasteiger partial charge in [0.15, 0.2) is 0 Å². The molecule has 1 aliphatic rings. The highest BCUT2D eigenvalue weighted by molar-refractivity contribution is 8.77. The van der Waals surface area contributed by atoms with Crippen LogP contribution in [-0.2, 0) is 9.59 Å². The van der Waals surface area contributed by atoms with Crippen LogP contribution in [0.25, 0.3) is 0 Å². The number of carboxylic acid groups (broad SMARTS) is 1. The van der Waals surface area contributed by atoms with Crippen LogP contribution in [0.4, 0.5) is 0 Å². The highest BCUT2D eigenvalue weighted by atomic mass is 35.5. The monoisotopic (exact) mass is 402 g/mol. The summed E-state index contributed by atoms with van der Waals surface area (Å²) in [4.78, 5) is 23.9. The Morgan fingerprint density at radius 3 is 2.76 bits per heavy atom. The summed E-state index contributed by atoms with van der Waals surface area (Å²) < 4.78 is 0. The van der Waals surface area contributed by atoms with E-state index < -0.39 is 12.0 Å². The third kappa shape index (κ3) is 7.42. The zero-order valence-electron chi connectivity index (χ0n) is 13.9. The number of carbonyl (C=O) groups is 2. The van der Waals surface area contributed by atoms with Crippen molar-refractivity contribution in [2.24, 2.45) is 5.73 Å². The largest absolute Gasteiger partial charge is 0.480 e. The lowest BCUT2D eigenvalue weighted by atomic mass is 10.0. The van der Waals surface area contributed by atoms with Crippen molar-refractivity contribution in [3.63, 3.8) is 0 Å².